The van der Waals surface area contributed by atoms with Crippen LogP contribution in [0, 0.1) is 0 Å². The third kappa shape index (κ3) is 2.46. The largest absolute Gasteiger partial charge is 0.320 e. The Hall–Kier alpha value is -0.830. The van der Waals surface area contributed by atoms with Gasteiger partial charge in [0.1, 0.15) is 0 Å². The molecule has 0 aromatic heterocycles. The van der Waals surface area contributed by atoms with Gasteiger partial charge in [0, 0.05) is 9.50 Å². The van der Waals surface area contributed by atoms with Crippen molar-refractivity contribution in [3.8, 4) is 0 Å². The normalized spacial score (nSPS) is 12.4. The molecule has 2 rings (SSSR count). The van der Waals surface area contributed by atoms with Gasteiger partial charge in [0.2, 0.25) is 0 Å². The molecular formula is C13H11BrClN. The molecule has 1 nitrogen and oxygen atoms in total. The van der Waals surface area contributed by atoms with Crippen molar-refractivity contribution in [2.24, 2.45) is 5.73 Å². The van der Waals surface area contributed by atoms with Crippen LogP contribution in [0.1, 0.15) is 17.2 Å². The van der Waals surface area contributed by atoms with Gasteiger partial charge in [-0.15, -0.1) is 0 Å². The molecule has 0 saturated carbocycles. The van der Waals surface area contributed by atoms with E-state index in [1.807, 2.05) is 48.5 Å². The van der Waals surface area contributed by atoms with Gasteiger partial charge in [-0.3, -0.25) is 0 Å². The summed E-state index contributed by atoms with van der Waals surface area (Å²) in [5, 5.41) is 0.725. The highest BCUT2D eigenvalue weighted by Crippen LogP contribution is 2.27. The van der Waals surface area contributed by atoms with Crippen LogP contribution >= 0.6 is 27.5 Å². The van der Waals surface area contributed by atoms with Crippen LogP contribution < -0.4 is 5.73 Å². The molecule has 0 saturated heterocycles. The summed E-state index contributed by atoms with van der Waals surface area (Å²) < 4.78 is 1.03. The van der Waals surface area contributed by atoms with Crippen LogP contribution in [0.5, 0.6) is 0 Å². The molecule has 0 heterocycles. The van der Waals surface area contributed by atoms with Crippen molar-refractivity contribution < 1.29 is 0 Å². The standard InChI is InChI=1S/C13H11BrClN/c14-12-4-2-1-3-11(12)13(16)9-5-7-10(15)8-6-9/h1-8,13H,16H2. The molecule has 0 radical (unpaired) electrons. The van der Waals surface area contributed by atoms with Crippen molar-refractivity contribution in [3.05, 3.63) is 69.2 Å². The van der Waals surface area contributed by atoms with Crippen LogP contribution in [0.15, 0.2) is 53.0 Å². The van der Waals surface area contributed by atoms with E-state index >= 15 is 0 Å². The molecule has 0 bridgehead atoms. The highest BCUT2D eigenvalue weighted by atomic mass is 79.9. The van der Waals surface area contributed by atoms with E-state index in [0.717, 1.165) is 20.6 Å². The predicted octanol–water partition coefficient (Wildman–Crippen LogP) is 4.15. The van der Waals surface area contributed by atoms with Gasteiger partial charge in [0.25, 0.3) is 0 Å². The Labute approximate surface area is 108 Å². The quantitative estimate of drug-likeness (QED) is 0.885. The van der Waals surface area contributed by atoms with Gasteiger partial charge in [-0.05, 0) is 29.3 Å². The second-order valence-electron chi connectivity index (χ2n) is 3.55. The zero-order chi connectivity index (χ0) is 11.5. The zero-order valence-electron chi connectivity index (χ0n) is 8.53. The smallest absolute Gasteiger partial charge is 0.0562 e. The first-order valence-electron chi connectivity index (χ1n) is 4.94. The molecule has 0 amide bonds. The molecule has 0 aliphatic rings. The number of nitrogens with two attached hydrogens (primary N) is 1. The van der Waals surface area contributed by atoms with Gasteiger partial charge in [0.15, 0.2) is 0 Å². The van der Waals surface area contributed by atoms with E-state index in [0.29, 0.717) is 0 Å². The predicted molar refractivity (Wildman–Crippen MR) is 71.6 cm³/mol. The molecule has 16 heavy (non-hydrogen) atoms. The number of hydrogen-bond donors (Lipinski definition) is 1. The molecule has 2 aromatic rings. The first-order valence-corrected chi connectivity index (χ1v) is 6.11. The van der Waals surface area contributed by atoms with Crippen LogP contribution in [0.25, 0.3) is 0 Å². The molecular weight excluding hydrogens is 286 g/mol. The number of rotatable bonds is 2. The Morgan fingerprint density at radius 3 is 2.25 bits per heavy atom. The summed E-state index contributed by atoms with van der Waals surface area (Å²) >= 11 is 9.35. The molecule has 0 spiro atoms. The van der Waals surface area contributed by atoms with Gasteiger partial charge >= 0.3 is 0 Å². The van der Waals surface area contributed by atoms with Crippen molar-refractivity contribution >= 4 is 27.5 Å². The fraction of sp³-hybridized carbons (Fsp3) is 0.0769. The summed E-state index contributed by atoms with van der Waals surface area (Å²) in [4.78, 5) is 0. The van der Waals surface area contributed by atoms with Crippen LogP contribution in [0.3, 0.4) is 0 Å². The monoisotopic (exact) mass is 295 g/mol. The lowest BCUT2D eigenvalue weighted by molar-refractivity contribution is 0.866. The van der Waals surface area contributed by atoms with E-state index in [4.69, 9.17) is 17.3 Å². The molecule has 2 aromatic carbocycles. The number of hydrogen-bond acceptors (Lipinski definition) is 1. The fourth-order valence-electron chi connectivity index (χ4n) is 1.58. The third-order valence-electron chi connectivity index (χ3n) is 2.47. The Bertz CT molecular complexity index is 482. The topological polar surface area (TPSA) is 26.0 Å². The molecule has 82 valence electrons. The third-order valence-corrected chi connectivity index (χ3v) is 3.44. The highest BCUT2D eigenvalue weighted by Gasteiger charge is 2.11. The highest BCUT2D eigenvalue weighted by molar-refractivity contribution is 9.10. The lowest BCUT2D eigenvalue weighted by Gasteiger charge is -2.14. The molecule has 0 aliphatic carbocycles. The van der Waals surface area contributed by atoms with E-state index < -0.39 is 0 Å². The second-order valence-corrected chi connectivity index (χ2v) is 4.84. The molecule has 3 heteroatoms. The lowest BCUT2D eigenvalue weighted by Crippen LogP contribution is -2.12. The van der Waals surface area contributed by atoms with E-state index in [2.05, 4.69) is 15.9 Å². The fourth-order valence-corrected chi connectivity index (χ4v) is 2.23. The van der Waals surface area contributed by atoms with Crippen LogP contribution in [-0.4, -0.2) is 0 Å². The maximum Gasteiger partial charge on any atom is 0.0562 e. The van der Waals surface area contributed by atoms with E-state index in [1.54, 1.807) is 0 Å². The van der Waals surface area contributed by atoms with Crippen molar-refractivity contribution in [3.63, 3.8) is 0 Å². The van der Waals surface area contributed by atoms with Crippen LogP contribution in [0.4, 0.5) is 0 Å². The minimum atomic E-state index is -0.132. The maximum absolute atomic E-state index is 6.19. The summed E-state index contributed by atoms with van der Waals surface area (Å²) in [5.41, 5.74) is 8.32. The van der Waals surface area contributed by atoms with Crippen molar-refractivity contribution in [1.82, 2.24) is 0 Å². The first kappa shape index (κ1) is 11.6. The minimum Gasteiger partial charge on any atom is -0.320 e. The summed E-state index contributed by atoms with van der Waals surface area (Å²) in [7, 11) is 0. The van der Waals surface area contributed by atoms with Crippen molar-refractivity contribution in [2.75, 3.05) is 0 Å². The SMILES string of the molecule is NC(c1ccc(Cl)cc1)c1ccccc1Br. The van der Waals surface area contributed by atoms with Gasteiger partial charge in [-0.2, -0.15) is 0 Å². The summed E-state index contributed by atoms with van der Waals surface area (Å²) in [6.45, 7) is 0. The average Bonchev–Trinajstić information content (AvgIpc) is 2.30. The minimum absolute atomic E-state index is 0.132. The molecule has 0 fully saturated rings. The van der Waals surface area contributed by atoms with E-state index in [1.165, 1.54) is 0 Å². The van der Waals surface area contributed by atoms with Gasteiger partial charge in [-0.25, -0.2) is 0 Å². The van der Waals surface area contributed by atoms with Crippen LogP contribution in [-0.2, 0) is 0 Å². The van der Waals surface area contributed by atoms with Gasteiger partial charge in [-0.1, -0.05) is 57.9 Å². The zero-order valence-corrected chi connectivity index (χ0v) is 10.9. The Morgan fingerprint density at radius 2 is 1.62 bits per heavy atom. The Balaban J connectivity index is 2.35. The Kier molecular flexibility index (Phi) is 3.64. The Morgan fingerprint density at radius 1 is 1.00 bits per heavy atom. The molecule has 1 unspecified atom stereocenters. The lowest BCUT2D eigenvalue weighted by atomic mass is 10.00. The molecule has 0 aliphatic heterocycles. The van der Waals surface area contributed by atoms with Crippen LogP contribution in [0.2, 0.25) is 5.02 Å². The first-order chi connectivity index (χ1) is 7.68. The number of benzene rings is 2. The summed E-state index contributed by atoms with van der Waals surface area (Å²) in [6, 6.07) is 15.4. The van der Waals surface area contributed by atoms with E-state index in [9.17, 15) is 0 Å². The van der Waals surface area contributed by atoms with Gasteiger partial charge in [0.05, 0.1) is 6.04 Å². The van der Waals surface area contributed by atoms with Crippen molar-refractivity contribution in [1.29, 1.82) is 0 Å². The van der Waals surface area contributed by atoms with E-state index in [-0.39, 0.29) is 6.04 Å². The summed E-state index contributed by atoms with van der Waals surface area (Å²) in [6.07, 6.45) is 0. The van der Waals surface area contributed by atoms with Gasteiger partial charge < -0.3 is 5.73 Å². The summed E-state index contributed by atoms with van der Waals surface area (Å²) in [5.74, 6) is 0. The number of halogens is 2. The molecule has 2 N–H and O–H groups in total. The maximum atomic E-state index is 6.19. The second kappa shape index (κ2) is 5.00. The van der Waals surface area contributed by atoms with Crippen molar-refractivity contribution in [2.45, 2.75) is 6.04 Å². The average molecular weight is 297 g/mol. The molecule has 1 atom stereocenters.